The number of hydrogen-bond donors (Lipinski definition) is 0. The van der Waals surface area contributed by atoms with Crippen molar-refractivity contribution in [3.63, 3.8) is 0 Å². The molecule has 216 valence electrons. The fraction of sp³-hybridized carbons (Fsp3) is 0.600. The van der Waals surface area contributed by atoms with E-state index in [4.69, 9.17) is 0 Å². The monoisotopic (exact) mass is 536 g/mol. The van der Waals surface area contributed by atoms with Gasteiger partial charge in [0.1, 0.15) is 0 Å². The van der Waals surface area contributed by atoms with E-state index >= 15 is 0 Å². The fourth-order valence-electron chi connectivity index (χ4n) is 6.02. The molecule has 2 aliphatic carbocycles. The van der Waals surface area contributed by atoms with Crippen LogP contribution in [-0.2, 0) is 0 Å². The molecule has 0 saturated heterocycles. The third-order valence-corrected chi connectivity index (χ3v) is 8.77. The predicted molar refractivity (Wildman–Crippen MR) is 177 cm³/mol. The molecule has 0 radical (unpaired) electrons. The molecule has 0 bridgehead atoms. The van der Waals surface area contributed by atoms with Gasteiger partial charge in [-0.15, -0.1) is 5.92 Å². The summed E-state index contributed by atoms with van der Waals surface area (Å²) in [7, 11) is 0. The smallest absolute Gasteiger partial charge is 0.0354 e. The first-order chi connectivity index (χ1) is 18.8. The number of rotatable bonds is 7. The van der Waals surface area contributed by atoms with E-state index in [1.807, 2.05) is 0 Å². The maximum absolute atomic E-state index is 3.41. The molecule has 0 amide bonds. The zero-order chi connectivity index (χ0) is 29.8. The van der Waals surface area contributed by atoms with Crippen LogP contribution in [0.15, 0.2) is 58.2 Å². The Hall–Kier alpha value is -2.62. The van der Waals surface area contributed by atoms with Crippen LogP contribution in [0.5, 0.6) is 0 Å². The summed E-state index contributed by atoms with van der Waals surface area (Å²) in [6.45, 7) is 22.8. The maximum atomic E-state index is 3.41. The Morgan fingerprint density at radius 2 is 1.75 bits per heavy atom. The molecule has 0 aliphatic heterocycles. The SMILES string of the molecule is CC1=CCCC(C)(C)C1/C=C/C(C)C#CCC(C)C#CC/C=C(\C)C#CC/C(C)=C/CC1=C(C)CCCC1(C)C. The first-order valence-corrected chi connectivity index (χ1v) is 15.6. The molecular weight excluding hydrogens is 480 g/mol. The van der Waals surface area contributed by atoms with Gasteiger partial charge in [-0.25, -0.2) is 0 Å². The van der Waals surface area contributed by atoms with Gasteiger partial charge in [-0.3, -0.25) is 0 Å². The summed E-state index contributed by atoms with van der Waals surface area (Å²) in [6, 6.07) is 0. The number of hydrogen-bond acceptors (Lipinski definition) is 0. The molecule has 0 saturated carbocycles. The van der Waals surface area contributed by atoms with E-state index in [1.165, 1.54) is 43.3 Å². The van der Waals surface area contributed by atoms with Gasteiger partial charge in [0.2, 0.25) is 0 Å². The highest BCUT2D eigenvalue weighted by molar-refractivity contribution is 5.31. The molecule has 0 aromatic carbocycles. The van der Waals surface area contributed by atoms with E-state index in [2.05, 4.69) is 135 Å². The highest BCUT2D eigenvalue weighted by Crippen LogP contribution is 2.42. The normalized spacial score (nSPS) is 22.2. The molecule has 2 aliphatic rings. The van der Waals surface area contributed by atoms with E-state index in [-0.39, 0.29) is 11.8 Å². The van der Waals surface area contributed by atoms with Crippen LogP contribution in [0.4, 0.5) is 0 Å². The summed E-state index contributed by atoms with van der Waals surface area (Å²) < 4.78 is 0. The summed E-state index contributed by atoms with van der Waals surface area (Å²) in [4.78, 5) is 0. The van der Waals surface area contributed by atoms with Crippen molar-refractivity contribution in [2.45, 2.75) is 127 Å². The minimum atomic E-state index is 0.272. The molecule has 0 heterocycles. The van der Waals surface area contributed by atoms with Crippen molar-refractivity contribution in [3.8, 4) is 35.5 Å². The van der Waals surface area contributed by atoms with Crippen LogP contribution in [0, 0.1) is 64.1 Å². The van der Waals surface area contributed by atoms with Gasteiger partial charge < -0.3 is 0 Å². The van der Waals surface area contributed by atoms with E-state index in [9.17, 15) is 0 Å². The van der Waals surface area contributed by atoms with E-state index in [1.54, 1.807) is 11.1 Å². The van der Waals surface area contributed by atoms with Gasteiger partial charge in [-0.1, -0.05) is 117 Å². The number of allylic oxidation sites excluding steroid dienone is 10. The Balaban J connectivity index is 1.77. The summed E-state index contributed by atoms with van der Waals surface area (Å²) in [6.07, 6.45) is 21.4. The van der Waals surface area contributed by atoms with Crippen LogP contribution in [0.25, 0.3) is 0 Å². The fourth-order valence-corrected chi connectivity index (χ4v) is 6.02. The van der Waals surface area contributed by atoms with Crippen molar-refractivity contribution in [3.05, 3.63) is 58.2 Å². The van der Waals surface area contributed by atoms with E-state index in [0.717, 1.165) is 31.3 Å². The lowest BCUT2D eigenvalue weighted by Crippen LogP contribution is -2.26. The van der Waals surface area contributed by atoms with Crippen molar-refractivity contribution >= 4 is 0 Å². The first-order valence-electron chi connectivity index (χ1n) is 15.6. The molecule has 0 nitrogen and oxygen atoms in total. The van der Waals surface area contributed by atoms with Crippen LogP contribution < -0.4 is 0 Å². The Labute approximate surface area is 249 Å². The lowest BCUT2D eigenvalue weighted by molar-refractivity contribution is 0.255. The predicted octanol–water partition coefficient (Wildman–Crippen LogP) is 11.2. The molecule has 0 N–H and O–H groups in total. The Bertz CT molecular complexity index is 1200. The van der Waals surface area contributed by atoms with Crippen molar-refractivity contribution in [1.82, 2.24) is 0 Å². The van der Waals surface area contributed by atoms with Gasteiger partial charge in [0.25, 0.3) is 0 Å². The lowest BCUT2D eigenvalue weighted by Gasteiger charge is -2.36. The van der Waals surface area contributed by atoms with Crippen LogP contribution in [0.3, 0.4) is 0 Å². The molecule has 0 aromatic heterocycles. The van der Waals surface area contributed by atoms with Crippen LogP contribution in [-0.4, -0.2) is 0 Å². The van der Waals surface area contributed by atoms with Gasteiger partial charge in [0, 0.05) is 37.0 Å². The first kappa shape index (κ1) is 33.6. The second-order valence-corrected chi connectivity index (χ2v) is 13.7. The largest absolute Gasteiger partial charge is 0.101 e. The average Bonchev–Trinajstić information content (AvgIpc) is 2.85. The summed E-state index contributed by atoms with van der Waals surface area (Å²) in [5.41, 5.74) is 7.89. The van der Waals surface area contributed by atoms with Crippen molar-refractivity contribution in [2.24, 2.45) is 28.6 Å². The third-order valence-electron chi connectivity index (χ3n) is 8.77. The molecule has 3 atom stereocenters. The standard InChI is InChI=1S/C40H56/c1-31(19-13-21-33(3)25-27-37-35(5)23-15-29-39(37,7)8)17-11-12-18-32(2)20-14-22-34(4)26-28-38-36(6)24-16-30-40(38,9)10/h17,24-26,28,32,34,38H,11,15-16,20-21,23,27,29-30H2,1-10H3/b28-26+,31-17+,33-25+. The summed E-state index contributed by atoms with van der Waals surface area (Å²) in [5, 5.41) is 0. The lowest BCUT2D eigenvalue weighted by atomic mass is 9.68. The minimum absolute atomic E-state index is 0.272. The molecule has 0 fully saturated rings. The Morgan fingerprint density at radius 3 is 2.45 bits per heavy atom. The molecule has 0 aromatic rings. The van der Waals surface area contributed by atoms with Gasteiger partial charge in [-0.05, 0) is 89.5 Å². The molecule has 0 spiro atoms. The second kappa shape index (κ2) is 16.0. The summed E-state index contributed by atoms with van der Waals surface area (Å²) >= 11 is 0. The third kappa shape index (κ3) is 11.5. The average molecular weight is 537 g/mol. The Kier molecular flexibility index (Phi) is 13.4. The van der Waals surface area contributed by atoms with Gasteiger partial charge in [0.05, 0.1) is 0 Å². The van der Waals surface area contributed by atoms with Gasteiger partial charge in [-0.2, -0.15) is 0 Å². The van der Waals surface area contributed by atoms with Gasteiger partial charge in [0.15, 0.2) is 0 Å². The molecule has 0 heteroatoms. The van der Waals surface area contributed by atoms with Crippen LogP contribution in [0.1, 0.15) is 127 Å². The van der Waals surface area contributed by atoms with Crippen molar-refractivity contribution < 1.29 is 0 Å². The quantitative estimate of drug-likeness (QED) is 0.224. The van der Waals surface area contributed by atoms with Crippen LogP contribution in [0.2, 0.25) is 0 Å². The maximum Gasteiger partial charge on any atom is 0.0354 e. The second-order valence-electron chi connectivity index (χ2n) is 13.7. The highest BCUT2D eigenvalue weighted by atomic mass is 14.4. The van der Waals surface area contributed by atoms with Gasteiger partial charge >= 0.3 is 0 Å². The molecule has 2 rings (SSSR count). The van der Waals surface area contributed by atoms with E-state index in [0.29, 0.717) is 16.7 Å². The molecule has 3 unspecified atom stereocenters. The van der Waals surface area contributed by atoms with Crippen molar-refractivity contribution in [2.75, 3.05) is 0 Å². The molecular formula is C40H56. The minimum Gasteiger partial charge on any atom is -0.101 e. The zero-order valence-corrected chi connectivity index (χ0v) is 27.5. The van der Waals surface area contributed by atoms with Crippen molar-refractivity contribution in [1.29, 1.82) is 0 Å². The van der Waals surface area contributed by atoms with E-state index < -0.39 is 0 Å². The summed E-state index contributed by atoms with van der Waals surface area (Å²) in [5.74, 6) is 21.2. The Morgan fingerprint density at radius 1 is 1.00 bits per heavy atom. The molecule has 40 heavy (non-hydrogen) atoms. The van der Waals surface area contributed by atoms with Crippen LogP contribution >= 0.6 is 0 Å². The zero-order valence-electron chi connectivity index (χ0n) is 27.5. The topological polar surface area (TPSA) is 0 Å². The highest BCUT2D eigenvalue weighted by Gasteiger charge is 2.30.